The van der Waals surface area contributed by atoms with E-state index in [1.54, 1.807) is 0 Å². The van der Waals surface area contributed by atoms with Gasteiger partial charge in [-0.2, -0.15) is 0 Å². The average Bonchev–Trinajstić information content (AvgIpc) is 2.18. The molecule has 3 heteroatoms. The minimum atomic E-state index is -0.243. The zero-order valence-corrected chi connectivity index (χ0v) is 10.9. The summed E-state index contributed by atoms with van der Waals surface area (Å²) >= 11 is 5.97. The molecule has 0 aliphatic heterocycles. The van der Waals surface area contributed by atoms with Gasteiger partial charge in [-0.15, -0.1) is 12.4 Å². The minimum absolute atomic E-state index is 0. The maximum Gasteiger partial charge on any atom is 0.0438 e. The molecule has 1 atom stereocenters. The van der Waals surface area contributed by atoms with Crippen molar-refractivity contribution in [3.05, 3.63) is 34.3 Å². The summed E-state index contributed by atoms with van der Waals surface area (Å²) in [7, 11) is 0. The lowest BCUT2D eigenvalue weighted by atomic mass is 9.75. The highest BCUT2D eigenvalue weighted by Gasteiger charge is 2.45. The zero-order valence-electron chi connectivity index (χ0n) is 9.30. The molecule has 0 radical (unpaired) electrons. The molecule has 2 rings (SSSR count). The van der Waals surface area contributed by atoms with Crippen molar-refractivity contribution in [2.24, 2.45) is 11.1 Å². The molecule has 0 saturated heterocycles. The second kappa shape index (κ2) is 3.65. The van der Waals surface area contributed by atoms with Gasteiger partial charge in [0.2, 0.25) is 0 Å². The van der Waals surface area contributed by atoms with E-state index in [2.05, 4.69) is 26.8 Å². The molecule has 0 aromatic heterocycles. The largest absolute Gasteiger partial charge is 0.321 e. The Kier molecular flexibility index (Phi) is 3.13. The van der Waals surface area contributed by atoms with Crippen LogP contribution in [-0.2, 0) is 12.0 Å². The Morgan fingerprint density at radius 3 is 2.47 bits per heavy atom. The molecular weight excluding hydrogens is 229 g/mol. The van der Waals surface area contributed by atoms with Crippen LogP contribution < -0.4 is 5.73 Å². The lowest BCUT2D eigenvalue weighted by Crippen LogP contribution is -2.43. The molecule has 1 nitrogen and oxygen atoms in total. The van der Waals surface area contributed by atoms with Crippen LogP contribution in [0.3, 0.4) is 0 Å². The van der Waals surface area contributed by atoms with Gasteiger partial charge in [0.1, 0.15) is 0 Å². The van der Waals surface area contributed by atoms with E-state index in [1.165, 1.54) is 11.1 Å². The van der Waals surface area contributed by atoms with E-state index < -0.39 is 0 Å². The first-order valence-corrected chi connectivity index (χ1v) is 5.30. The number of hydrogen-bond donors (Lipinski definition) is 1. The number of fused-ring (bicyclic) bond motifs is 1. The van der Waals surface area contributed by atoms with Gasteiger partial charge in [0.25, 0.3) is 0 Å². The average molecular weight is 246 g/mol. The number of benzene rings is 1. The molecule has 84 valence electrons. The smallest absolute Gasteiger partial charge is 0.0438 e. The van der Waals surface area contributed by atoms with E-state index >= 15 is 0 Å². The predicted octanol–water partition coefficient (Wildman–Crippen LogP) is 3.52. The quantitative estimate of drug-likeness (QED) is 0.744. The van der Waals surface area contributed by atoms with Crippen LogP contribution in [-0.4, -0.2) is 0 Å². The first-order valence-electron chi connectivity index (χ1n) is 4.92. The summed E-state index contributed by atoms with van der Waals surface area (Å²) < 4.78 is 0. The number of hydrogen-bond acceptors (Lipinski definition) is 1. The van der Waals surface area contributed by atoms with Crippen LogP contribution in [0.1, 0.15) is 31.9 Å². The van der Waals surface area contributed by atoms with Crippen LogP contribution >= 0.6 is 24.0 Å². The van der Waals surface area contributed by atoms with Crippen molar-refractivity contribution < 1.29 is 0 Å². The Hall–Kier alpha value is -0.240. The lowest BCUT2D eigenvalue weighted by Gasteiger charge is -2.35. The lowest BCUT2D eigenvalue weighted by molar-refractivity contribution is 0.211. The minimum Gasteiger partial charge on any atom is -0.321 e. The summed E-state index contributed by atoms with van der Waals surface area (Å²) in [5.41, 5.74) is 8.78. The van der Waals surface area contributed by atoms with Crippen molar-refractivity contribution in [1.82, 2.24) is 0 Å². The van der Waals surface area contributed by atoms with Crippen molar-refractivity contribution in [2.75, 3.05) is 0 Å². The van der Waals surface area contributed by atoms with Crippen LogP contribution in [0, 0.1) is 5.41 Å². The third-order valence-corrected chi connectivity index (χ3v) is 3.90. The second-order valence-corrected chi connectivity index (χ2v) is 5.50. The summed E-state index contributed by atoms with van der Waals surface area (Å²) in [5.74, 6) is 0. The van der Waals surface area contributed by atoms with Gasteiger partial charge in [0, 0.05) is 10.6 Å². The van der Waals surface area contributed by atoms with Gasteiger partial charge >= 0.3 is 0 Å². The Balaban J connectivity index is 0.00000112. The van der Waals surface area contributed by atoms with E-state index in [4.69, 9.17) is 17.3 Å². The van der Waals surface area contributed by atoms with Crippen molar-refractivity contribution in [2.45, 2.75) is 32.7 Å². The maximum absolute atomic E-state index is 6.37. The van der Waals surface area contributed by atoms with Crippen LogP contribution in [0.25, 0.3) is 0 Å². The molecule has 1 aliphatic rings. The van der Waals surface area contributed by atoms with E-state index in [-0.39, 0.29) is 23.4 Å². The van der Waals surface area contributed by atoms with Crippen molar-refractivity contribution in [1.29, 1.82) is 0 Å². The first-order chi connectivity index (χ1) is 6.34. The third kappa shape index (κ3) is 1.77. The fourth-order valence-corrected chi connectivity index (χ4v) is 2.43. The standard InChI is InChI=1S/C12H16ClN.ClH/c1-11(2)7-8-6-9(13)4-5-10(8)12(11,3)14;/h4-6H,7,14H2,1-3H3;1H. The van der Waals surface area contributed by atoms with Crippen molar-refractivity contribution in [3.8, 4) is 0 Å². The predicted molar refractivity (Wildman–Crippen MR) is 67.7 cm³/mol. The highest BCUT2D eigenvalue weighted by Crippen LogP contribution is 2.48. The Labute approximate surface area is 102 Å². The Morgan fingerprint density at radius 1 is 1.27 bits per heavy atom. The molecule has 0 saturated carbocycles. The molecule has 1 aromatic carbocycles. The monoisotopic (exact) mass is 245 g/mol. The molecule has 1 unspecified atom stereocenters. The summed E-state index contributed by atoms with van der Waals surface area (Å²) in [6.45, 7) is 6.52. The summed E-state index contributed by atoms with van der Waals surface area (Å²) in [6, 6.07) is 6.02. The molecule has 2 N–H and O–H groups in total. The third-order valence-electron chi connectivity index (χ3n) is 3.67. The van der Waals surface area contributed by atoms with Gasteiger partial charge < -0.3 is 5.73 Å². The van der Waals surface area contributed by atoms with Gasteiger partial charge in [0.05, 0.1) is 0 Å². The normalized spacial score (nSPS) is 27.0. The zero-order chi connectivity index (χ0) is 10.6. The molecule has 0 spiro atoms. The van der Waals surface area contributed by atoms with Crippen LogP contribution in [0.5, 0.6) is 0 Å². The van der Waals surface area contributed by atoms with Crippen molar-refractivity contribution >= 4 is 24.0 Å². The van der Waals surface area contributed by atoms with Gasteiger partial charge in [-0.3, -0.25) is 0 Å². The highest BCUT2D eigenvalue weighted by molar-refractivity contribution is 6.30. The SMILES string of the molecule is CC1(C)Cc2cc(Cl)ccc2C1(C)N.Cl. The van der Waals surface area contributed by atoms with E-state index in [0.717, 1.165) is 11.4 Å². The first kappa shape index (κ1) is 12.8. The van der Waals surface area contributed by atoms with Gasteiger partial charge in [0.15, 0.2) is 0 Å². The van der Waals surface area contributed by atoms with Crippen LogP contribution in [0.2, 0.25) is 5.02 Å². The number of rotatable bonds is 0. The Morgan fingerprint density at radius 2 is 1.87 bits per heavy atom. The van der Waals surface area contributed by atoms with Crippen molar-refractivity contribution in [3.63, 3.8) is 0 Å². The molecule has 15 heavy (non-hydrogen) atoms. The van der Waals surface area contributed by atoms with E-state index in [9.17, 15) is 0 Å². The fourth-order valence-electron chi connectivity index (χ4n) is 2.24. The maximum atomic E-state index is 6.37. The summed E-state index contributed by atoms with van der Waals surface area (Å²) in [6.07, 6.45) is 1.01. The topological polar surface area (TPSA) is 26.0 Å². The van der Waals surface area contributed by atoms with Gasteiger partial charge in [-0.25, -0.2) is 0 Å². The van der Waals surface area contributed by atoms with Gasteiger partial charge in [-0.1, -0.05) is 31.5 Å². The van der Waals surface area contributed by atoms with E-state index in [0.29, 0.717) is 0 Å². The number of nitrogens with two attached hydrogens (primary N) is 1. The van der Waals surface area contributed by atoms with Gasteiger partial charge in [-0.05, 0) is 42.0 Å². The molecule has 1 aliphatic carbocycles. The fraction of sp³-hybridized carbons (Fsp3) is 0.500. The molecular formula is C12H17Cl2N. The molecule has 0 bridgehead atoms. The molecule has 1 aromatic rings. The number of halogens is 2. The highest BCUT2D eigenvalue weighted by atomic mass is 35.5. The van der Waals surface area contributed by atoms with Crippen LogP contribution in [0.4, 0.5) is 0 Å². The van der Waals surface area contributed by atoms with Crippen LogP contribution in [0.15, 0.2) is 18.2 Å². The second-order valence-electron chi connectivity index (χ2n) is 5.06. The summed E-state index contributed by atoms with van der Waals surface area (Å²) in [4.78, 5) is 0. The Bertz CT molecular complexity index is 383. The molecule has 0 fully saturated rings. The van der Waals surface area contributed by atoms with E-state index in [1.807, 2.05) is 12.1 Å². The molecule has 0 amide bonds. The molecule has 0 heterocycles. The summed E-state index contributed by atoms with van der Waals surface area (Å²) in [5, 5.41) is 0.803.